The van der Waals surface area contributed by atoms with Gasteiger partial charge in [-0.1, -0.05) is 11.8 Å². The summed E-state index contributed by atoms with van der Waals surface area (Å²) in [4.78, 5) is 5.07. The third-order valence-electron chi connectivity index (χ3n) is 3.89. The summed E-state index contributed by atoms with van der Waals surface area (Å²) in [6.07, 6.45) is 0. The number of rotatable bonds is 1. The van der Waals surface area contributed by atoms with Gasteiger partial charge >= 0.3 is 0 Å². The van der Waals surface area contributed by atoms with Crippen LogP contribution in [-0.4, -0.2) is 48.1 Å². The Hall–Kier alpha value is -0.520. The molecule has 0 aromatic carbocycles. The van der Waals surface area contributed by atoms with Gasteiger partial charge in [0, 0.05) is 42.5 Å². The van der Waals surface area contributed by atoms with Crippen LogP contribution in [0.1, 0.15) is 41.5 Å². The van der Waals surface area contributed by atoms with Gasteiger partial charge < -0.3 is 0 Å². The summed E-state index contributed by atoms with van der Waals surface area (Å²) in [7, 11) is 0. The van der Waals surface area contributed by atoms with Crippen LogP contribution in [0.3, 0.4) is 0 Å². The van der Waals surface area contributed by atoms with E-state index in [1.807, 2.05) is 0 Å². The second-order valence-electron chi connectivity index (χ2n) is 8.22. The minimum absolute atomic E-state index is 0.141. The lowest BCUT2D eigenvalue weighted by atomic mass is 9.71. The molecule has 18 heavy (non-hydrogen) atoms. The van der Waals surface area contributed by atoms with Crippen LogP contribution in [0, 0.1) is 22.7 Å². The molecular weight excluding hydrogens is 220 g/mol. The lowest BCUT2D eigenvalue weighted by Gasteiger charge is -2.63. The Morgan fingerprint density at radius 1 is 0.944 bits per heavy atom. The highest BCUT2D eigenvalue weighted by molar-refractivity contribution is 5.13. The van der Waals surface area contributed by atoms with Crippen LogP contribution in [0.25, 0.3) is 0 Å². The average Bonchev–Trinajstić information content (AvgIpc) is 2.00. The molecular formula is C16H28N2. The third kappa shape index (κ3) is 3.08. The largest absolute Gasteiger partial charge is 0.297 e. The summed E-state index contributed by atoms with van der Waals surface area (Å²) >= 11 is 0. The number of hydrogen-bond acceptors (Lipinski definition) is 2. The van der Waals surface area contributed by atoms with Gasteiger partial charge in [0.05, 0.1) is 6.54 Å². The quantitative estimate of drug-likeness (QED) is 0.658. The minimum atomic E-state index is 0.141. The van der Waals surface area contributed by atoms with Gasteiger partial charge in [0.2, 0.25) is 0 Å². The van der Waals surface area contributed by atoms with E-state index in [1.165, 1.54) is 26.2 Å². The van der Waals surface area contributed by atoms with Gasteiger partial charge in [-0.05, 0) is 41.5 Å². The smallest absolute Gasteiger partial charge is 0.0602 e. The molecule has 2 fully saturated rings. The van der Waals surface area contributed by atoms with Crippen molar-refractivity contribution in [3.63, 3.8) is 0 Å². The maximum absolute atomic E-state index is 3.32. The van der Waals surface area contributed by atoms with E-state index >= 15 is 0 Å². The third-order valence-corrected chi connectivity index (χ3v) is 3.89. The molecule has 2 aliphatic rings. The monoisotopic (exact) mass is 248 g/mol. The van der Waals surface area contributed by atoms with Crippen LogP contribution in [0.2, 0.25) is 0 Å². The molecule has 1 spiro atoms. The van der Waals surface area contributed by atoms with Crippen molar-refractivity contribution < 1.29 is 0 Å². The summed E-state index contributed by atoms with van der Waals surface area (Å²) in [5.74, 6) is 6.63. The fourth-order valence-corrected chi connectivity index (χ4v) is 2.87. The summed E-state index contributed by atoms with van der Waals surface area (Å²) < 4.78 is 0. The predicted molar refractivity (Wildman–Crippen MR) is 77.4 cm³/mol. The molecule has 2 nitrogen and oxygen atoms in total. The molecule has 2 saturated heterocycles. The van der Waals surface area contributed by atoms with E-state index in [-0.39, 0.29) is 5.41 Å². The van der Waals surface area contributed by atoms with Gasteiger partial charge in [-0.25, -0.2) is 0 Å². The fraction of sp³-hybridized carbons (Fsp3) is 0.875. The van der Waals surface area contributed by atoms with Crippen LogP contribution in [0.15, 0.2) is 0 Å². The number of hydrogen-bond donors (Lipinski definition) is 0. The first kappa shape index (κ1) is 13.9. The molecule has 2 heteroatoms. The molecule has 102 valence electrons. The molecule has 0 radical (unpaired) electrons. The topological polar surface area (TPSA) is 6.48 Å². The highest BCUT2D eigenvalue weighted by atomic mass is 15.3. The van der Waals surface area contributed by atoms with E-state index in [9.17, 15) is 0 Å². The van der Waals surface area contributed by atoms with Gasteiger partial charge in [0.1, 0.15) is 0 Å². The Kier molecular flexibility index (Phi) is 3.28. The van der Waals surface area contributed by atoms with E-state index in [0.29, 0.717) is 11.0 Å². The maximum atomic E-state index is 3.32. The molecule has 0 N–H and O–H groups in total. The standard InChI is InChI=1S/C16H28N2/c1-14(2,3)8-7-9-17-10-16(11-17)12-18(13-16)15(4,5)6/h9-13H2,1-6H3. The highest BCUT2D eigenvalue weighted by Gasteiger charge is 2.53. The second-order valence-corrected chi connectivity index (χ2v) is 8.22. The minimum Gasteiger partial charge on any atom is -0.297 e. The second kappa shape index (κ2) is 4.25. The van der Waals surface area contributed by atoms with Crippen molar-refractivity contribution in [2.24, 2.45) is 10.8 Å². The van der Waals surface area contributed by atoms with Gasteiger partial charge in [-0.3, -0.25) is 9.80 Å². The SMILES string of the molecule is CC(C)(C)C#CCN1CC2(C1)CN(C(C)(C)C)C2. The van der Waals surface area contributed by atoms with Crippen LogP contribution < -0.4 is 0 Å². The maximum Gasteiger partial charge on any atom is 0.0602 e. The molecule has 0 aliphatic carbocycles. The summed E-state index contributed by atoms with van der Waals surface area (Å²) in [5, 5.41) is 0. The average molecular weight is 248 g/mol. The Morgan fingerprint density at radius 2 is 1.50 bits per heavy atom. The summed E-state index contributed by atoms with van der Waals surface area (Å²) in [6.45, 7) is 19.5. The van der Waals surface area contributed by atoms with E-state index in [1.54, 1.807) is 0 Å². The Bertz CT molecular complexity index is 359. The lowest BCUT2D eigenvalue weighted by molar-refractivity contribution is -0.140. The Labute approximate surface area is 113 Å². The number of likely N-dealkylation sites (tertiary alicyclic amines) is 2. The molecule has 0 amide bonds. The highest BCUT2D eigenvalue weighted by Crippen LogP contribution is 2.42. The zero-order chi connectivity index (χ0) is 13.6. The van der Waals surface area contributed by atoms with Gasteiger partial charge in [-0.2, -0.15) is 0 Å². The normalized spacial score (nSPS) is 24.1. The first-order valence-electron chi connectivity index (χ1n) is 7.07. The van der Waals surface area contributed by atoms with E-state index in [2.05, 4.69) is 63.2 Å². The van der Waals surface area contributed by atoms with Crippen molar-refractivity contribution in [1.82, 2.24) is 9.80 Å². The lowest BCUT2D eigenvalue weighted by Crippen LogP contribution is -2.74. The Morgan fingerprint density at radius 3 is 1.94 bits per heavy atom. The van der Waals surface area contributed by atoms with E-state index in [4.69, 9.17) is 0 Å². The molecule has 0 unspecified atom stereocenters. The zero-order valence-electron chi connectivity index (χ0n) is 12.9. The van der Waals surface area contributed by atoms with Crippen molar-refractivity contribution in [2.75, 3.05) is 32.7 Å². The molecule has 0 aromatic rings. The van der Waals surface area contributed by atoms with Crippen LogP contribution >= 0.6 is 0 Å². The van der Waals surface area contributed by atoms with E-state index < -0.39 is 0 Å². The fourth-order valence-electron chi connectivity index (χ4n) is 2.87. The first-order chi connectivity index (χ1) is 8.10. The molecule has 2 heterocycles. The molecule has 0 aromatic heterocycles. The van der Waals surface area contributed by atoms with E-state index in [0.717, 1.165) is 6.54 Å². The zero-order valence-corrected chi connectivity index (χ0v) is 12.9. The van der Waals surface area contributed by atoms with Crippen LogP contribution in [0.5, 0.6) is 0 Å². The van der Waals surface area contributed by atoms with Crippen molar-refractivity contribution in [1.29, 1.82) is 0 Å². The number of nitrogens with zero attached hydrogens (tertiary/aromatic N) is 2. The van der Waals surface area contributed by atoms with Crippen LogP contribution in [0.4, 0.5) is 0 Å². The predicted octanol–water partition coefficient (Wildman–Crippen LogP) is 2.45. The van der Waals surface area contributed by atoms with Crippen molar-refractivity contribution >= 4 is 0 Å². The molecule has 2 aliphatic heterocycles. The van der Waals surface area contributed by atoms with Gasteiger partial charge in [0.25, 0.3) is 0 Å². The first-order valence-corrected chi connectivity index (χ1v) is 7.07. The Balaban J connectivity index is 1.71. The molecule has 2 rings (SSSR count). The summed E-state index contributed by atoms with van der Waals surface area (Å²) in [6, 6.07) is 0. The van der Waals surface area contributed by atoms with Crippen molar-refractivity contribution in [2.45, 2.75) is 47.1 Å². The van der Waals surface area contributed by atoms with Gasteiger partial charge in [0.15, 0.2) is 0 Å². The van der Waals surface area contributed by atoms with Crippen LogP contribution in [-0.2, 0) is 0 Å². The summed E-state index contributed by atoms with van der Waals surface area (Å²) in [5.41, 5.74) is 1.09. The molecule has 0 bridgehead atoms. The molecule has 0 saturated carbocycles. The van der Waals surface area contributed by atoms with Crippen molar-refractivity contribution in [3.05, 3.63) is 0 Å². The molecule has 0 atom stereocenters. The van der Waals surface area contributed by atoms with Gasteiger partial charge in [-0.15, -0.1) is 0 Å². The van der Waals surface area contributed by atoms with Crippen molar-refractivity contribution in [3.8, 4) is 11.8 Å².